The SMILES string of the molecule is CCS(=O)(=O)c1ccc(CNC(=O)c2ccc3c(c2)CN(CC2CCc4nc(C)oc4C2)C3C(C)C)nc1. The highest BCUT2D eigenvalue weighted by Gasteiger charge is 2.35. The molecule has 0 saturated carbocycles. The molecule has 3 aromatic rings. The minimum absolute atomic E-state index is 0.0287. The third-order valence-electron chi connectivity index (χ3n) is 7.73. The van der Waals surface area contributed by atoms with Gasteiger partial charge in [0.25, 0.3) is 5.91 Å². The number of rotatable bonds is 8. The van der Waals surface area contributed by atoms with Crippen LogP contribution in [0.4, 0.5) is 0 Å². The van der Waals surface area contributed by atoms with E-state index in [4.69, 9.17) is 4.42 Å². The molecule has 3 heterocycles. The number of benzene rings is 1. The van der Waals surface area contributed by atoms with Gasteiger partial charge in [-0.1, -0.05) is 26.8 Å². The molecule has 1 aromatic carbocycles. The third kappa shape index (κ3) is 5.40. The van der Waals surface area contributed by atoms with Crippen LogP contribution in [0.1, 0.15) is 77.8 Å². The van der Waals surface area contributed by atoms with E-state index in [0.29, 0.717) is 29.1 Å². The maximum absolute atomic E-state index is 13.0. The highest BCUT2D eigenvalue weighted by molar-refractivity contribution is 7.91. The van der Waals surface area contributed by atoms with Crippen LogP contribution in [0.3, 0.4) is 0 Å². The van der Waals surface area contributed by atoms with Gasteiger partial charge in [-0.05, 0) is 60.1 Å². The Morgan fingerprint density at radius 3 is 2.76 bits per heavy atom. The summed E-state index contributed by atoms with van der Waals surface area (Å²) < 4.78 is 29.8. The van der Waals surface area contributed by atoms with Gasteiger partial charge in [0.05, 0.1) is 28.6 Å². The predicted octanol–water partition coefficient (Wildman–Crippen LogP) is 4.42. The molecule has 2 atom stereocenters. The number of hydrogen-bond donors (Lipinski definition) is 1. The molecule has 8 nitrogen and oxygen atoms in total. The first-order valence-corrected chi connectivity index (χ1v) is 15.1. The Morgan fingerprint density at radius 1 is 1.24 bits per heavy atom. The lowest BCUT2D eigenvalue weighted by Crippen LogP contribution is -2.33. The van der Waals surface area contributed by atoms with Crippen molar-refractivity contribution >= 4 is 15.7 Å². The molecule has 0 radical (unpaired) electrons. The summed E-state index contributed by atoms with van der Waals surface area (Å²) >= 11 is 0. The van der Waals surface area contributed by atoms with Crippen LogP contribution >= 0.6 is 0 Å². The number of oxazole rings is 1. The molecule has 0 spiro atoms. The van der Waals surface area contributed by atoms with E-state index in [-0.39, 0.29) is 23.1 Å². The van der Waals surface area contributed by atoms with E-state index in [1.54, 1.807) is 19.1 Å². The molecular formula is C29H36N4O4S. The Morgan fingerprint density at radius 2 is 2.05 bits per heavy atom. The standard InChI is InChI=1S/C29H36N4O4S/c1-5-38(35,36)24-9-8-23(30-15-24)14-31-29(34)21-7-10-25-22(13-21)17-33(28(25)18(2)3)16-20-6-11-26-27(12-20)37-19(4)32-26/h7-10,13,15,18,20,28H,5-6,11-12,14,16-17H2,1-4H3,(H,31,34). The molecule has 1 aliphatic carbocycles. The summed E-state index contributed by atoms with van der Waals surface area (Å²) in [5.74, 6) is 2.65. The smallest absolute Gasteiger partial charge is 0.251 e. The van der Waals surface area contributed by atoms with Crippen molar-refractivity contribution in [3.63, 3.8) is 0 Å². The van der Waals surface area contributed by atoms with Crippen molar-refractivity contribution in [1.82, 2.24) is 20.2 Å². The third-order valence-corrected chi connectivity index (χ3v) is 9.45. The molecule has 5 rings (SSSR count). The van der Waals surface area contributed by atoms with Gasteiger partial charge in [0, 0.05) is 44.2 Å². The minimum Gasteiger partial charge on any atom is -0.446 e. The zero-order chi connectivity index (χ0) is 27.0. The lowest BCUT2D eigenvalue weighted by atomic mass is 9.89. The van der Waals surface area contributed by atoms with Crippen LogP contribution in [0.15, 0.2) is 45.8 Å². The molecule has 38 heavy (non-hydrogen) atoms. The van der Waals surface area contributed by atoms with Gasteiger partial charge < -0.3 is 9.73 Å². The van der Waals surface area contributed by atoms with Gasteiger partial charge in [0.1, 0.15) is 5.76 Å². The number of fused-ring (bicyclic) bond motifs is 2. The normalized spacial score (nSPS) is 19.4. The summed E-state index contributed by atoms with van der Waals surface area (Å²) in [5.41, 5.74) is 4.86. The summed E-state index contributed by atoms with van der Waals surface area (Å²) in [6.07, 6.45) is 4.37. The topological polar surface area (TPSA) is 105 Å². The van der Waals surface area contributed by atoms with Crippen LogP contribution in [-0.2, 0) is 35.8 Å². The maximum atomic E-state index is 13.0. The van der Waals surface area contributed by atoms with Crippen LogP contribution in [0, 0.1) is 18.8 Å². The fourth-order valence-electron chi connectivity index (χ4n) is 5.84. The Hall–Kier alpha value is -3.04. The maximum Gasteiger partial charge on any atom is 0.251 e. The highest BCUT2D eigenvalue weighted by Crippen LogP contribution is 2.40. The summed E-state index contributed by atoms with van der Waals surface area (Å²) in [6.45, 7) is 10.1. The number of amides is 1. The molecule has 1 N–H and O–H groups in total. The molecular weight excluding hydrogens is 500 g/mol. The highest BCUT2D eigenvalue weighted by atomic mass is 32.2. The fraction of sp³-hybridized carbons (Fsp3) is 0.483. The number of nitrogens with zero attached hydrogens (tertiary/aromatic N) is 3. The number of carbonyl (C=O) groups is 1. The van der Waals surface area contributed by atoms with E-state index >= 15 is 0 Å². The van der Waals surface area contributed by atoms with Crippen LogP contribution in [0.2, 0.25) is 0 Å². The lowest BCUT2D eigenvalue weighted by molar-refractivity contribution is 0.0950. The van der Waals surface area contributed by atoms with E-state index in [0.717, 1.165) is 49.7 Å². The molecule has 1 aliphatic heterocycles. The minimum atomic E-state index is -3.29. The first-order valence-electron chi connectivity index (χ1n) is 13.4. The molecule has 0 saturated heterocycles. The van der Waals surface area contributed by atoms with Crippen molar-refractivity contribution in [3.8, 4) is 0 Å². The van der Waals surface area contributed by atoms with Gasteiger partial charge in [0.2, 0.25) is 0 Å². The zero-order valence-corrected chi connectivity index (χ0v) is 23.3. The van der Waals surface area contributed by atoms with Crippen LogP contribution in [-0.4, -0.2) is 41.5 Å². The molecule has 0 bridgehead atoms. The average molecular weight is 537 g/mol. The van der Waals surface area contributed by atoms with Crippen molar-refractivity contribution in [1.29, 1.82) is 0 Å². The van der Waals surface area contributed by atoms with E-state index in [9.17, 15) is 13.2 Å². The van der Waals surface area contributed by atoms with Gasteiger partial charge in [0.15, 0.2) is 15.7 Å². The molecule has 2 unspecified atom stereocenters. The number of aryl methyl sites for hydroxylation is 2. The number of nitrogens with one attached hydrogen (secondary N) is 1. The number of hydrogen-bond acceptors (Lipinski definition) is 7. The van der Waals surface area contributed by atoms with Gasteiger partial charge in [-0.15, -0.1) is 0 Å². The largest absolute Gasteiger partial charge is 0.446 e. The summed E-state index contributed by atoms with van der Waals surface area (Å²) in [5, 5.41) is 2.92. The van der Waals surface area contributed by atoms with Gasteiger partial charge >= 0.3 is 0 Å². The van der Waals surface area contributed by atoms with Crippen LogP contribution in [0.25, 0.3) is 0 Å². The molecule has 2 aromatic heterocycles. The van der Waals surface area contributed by atoms with Crippen molar-refractivity contribution in [2.75, 3.05) is 12.3 Å². The average Bonchev–Trinajstić information content (AvgIpc) is 3.45. The van der Waals surface area contributed by atoms with E-state index in [2.05, 4.69) is 40.1 Å². The quantitative estimate of drug-likeness (QED) is 0.454. The second-order valence-electron chi connectivity index (χ2n) is 10.8. The van der Waals surface area contributed by atoms with Crippen molar-refractivity contribution in [2.45, 2.75) is 71.0 Å². The monoisotopic (exact) mass is 536 g/mol. The summed E-state index contributed by atoms with van der Waals surface area (Å²) in [7, 11) is -3.29. The van der Waals surface area contributed by atoms with Gasteiger partial charge in [-0.3, -0.25) is 14.7 Å². The van der Waals surface area contributed by atoms with Gasteiger partial charge in [-0.2, -0.15) is 0 Å². The molecule has 9 heteroatoms. The van der Waals surface area contributed by atoms with Crippen molar-refractivity contribution in [3.05, 3.63) is 76.3 Å². The molecule has 2 aliphatic rings. The molecule has 0 fully saturated rings. The summed E-state index contributed by atoms with van der Waals surface area (Å²) in [6, 6.07) is 9.54. The number of aromatic nitrogens is 2. The van der Waals surface area contributed by atoms with Crippen LogP contribution in [0.5, 0.6) is 0 Å². The van der Waals surface area contributed by atoms with Gasteiger partial charge in [-0.25, -0.2) is 13.4 Å². The Labute approximate surface area is 224 Å². The summed E-state index contributed by atoms with van der Waals surface area (Å²) in [4.78, 5) is 24.5. The second-order valence-corrected chi connectivity index (χ2v) is 13.1. The number of sulfone groups is 1. The Kier molecular flexibility index (Phi) is 7.42. The molecule has 1 amide bonds. The number of pyridine rings is 1. The van der Waals surface area contributed by atoms with Crippen molar-refractivity contribution < 1.29 is 17.6 Å². The molecule has 202 valence electrons. The lowest BCUT2D eigenvalue weighted by Gasteiger charge is -2.32. The van der Waals surface area contributed by atoms with Crippen molar-refractivity contribution in [2.24, 2.45) is 11.8 Å². The van der Waals surface area contributed by atoms with E-state index in [1.165, 1.54) is 17.3 Å². The zero-order valence-electron chi connectivity index (χ0n) is 22.5. The first-order chi connectivity index (χ1) is 18.1. The predicted molar refractivity (Wildman–Crippen MR) is 144 cm³/mol. The first kappa shape index (κ1) is 26.6. The van der Waals surface area contributed by atoms with E-state index in [1.807, 2.05) is 19.1 Å². The second kappa shape index (κ2) is 10.6. The Balaban J connectivity index is 1.24. The van der Waals surface area contributed by atoms with Crippen LogP contribution < -0.4 is 5.32 Å². The Bertz CT molecular complexity index is 1430. The van der Waals surface area contributed by atoms with E-state index < -0.39 is 9.84 Å². The fourth-order valence-corrected chi connectivity index (χ4v) is 6.67. The number of carbonyl (C=O) groups excluding carboxylic acids is 1.